The molecule has 0 amide bonds. The molecule has 0 spiro atoms. The molecule has 8 atom stereocenters. The molecule has 0 saturated heterocycles. The van der Waals surface area contributed by atoms with Gasteiger partial charge >= 0.3 is 5.97 Å². The van der Waals surface area contributed by atoms with Gasteiger partial charge in [0.15, 0.2) is 0 Å². The van der Waals surface area contributed by atoms with Crippen LogP contribution in [0.4, 0.5) is 0 Å². The molecule has 4 heteroatoms. The minimum absolute atomic E-state index is 0.137. The van der Waals surface area contributed by atoms with Crippen molar-refractivity contribution in [2.45, 2.75) is 91.8 Å². The number of carbonyl (C=O) groups is 3. The maximum absolute atomic E-state index is 14.4. The second kappa shape index (κ2) is 7.74. The van der Waals surface area contributed by atoms with Crippen molar-refractivity contribution >= 4 is 17.5 Å². The van der Waals surface area contributed by atoms with Crippen molar-refractivity contribution in [1.29, 1.82) is 0 Å². The summed E-state index contributed by atoms with van der Waals surface area (Å²) in [6, 6.07) is 0. The van der Waals surface area contributed by atoms with E-state index in [-0.39, 0.29) is 37.0 Å². The minimum atomic E-state index is -2.82. The first-order valence-corrected chi connectivity index (χ1v) is 11.3. The maximum Gasteiger partial charge on any atom is 0.303 e. The molecule has 4 nitrogen and oxygen atoms in total. The van der Waals surface area contributed by atoms with E-state index in [0.717, 1.165) is 0 Å². The normalized spacial score (nSPS) is 57.5. The van der Waals surface area contributed by atoms with Crippen LogP contribution in [0.15, 0.2) is 0 Å². The number of fused-ring (bicyclic) bond motifs is 5. The molecule has 30 heavy (non-hydrogen) atoms. The molecule has 1 radical (unpaired) electrons. The Kier molecular flexibility index (Phi) is 3.63. The summed E-state index contributed by atoms with van der Waals surface area (Å²) in [5.41, 5.74) is -1.97. The Labute approximate surface area is 192 Å². The summed E-state index contributed by atoms with van der Waals surface area (Å²) in [5.74, 6) is -9.49. The average Bonchev–Trinajstić information content (AvgIpc) is 3.14. The first-order valence-electron chi connectivity index (χ1n) is 15.3. The van der Waals surface area contributed by atoms with E-state index in [1.807, 2.05) is 13.8 Å². The number of carboxylic acids is 1. The van der Waals surface area contributed by atoms with Gasteiger partial charge in [-0.15, -0.1) is 0 Å². The Morgan fingerprint density at radius 2 is 2.00 bits per heavy atom. The second-order valence-corrected chi connectivity index (χ2v) is 10.2. The molecule has 167 valence electrons. The van der Waals surface area contributed by atoms with Crippen LogP contribution in [0, 0.1) is 52.2 Å². The number of hydrogen-bond acceptors (Lipinski definition) is 3. The summed E-state index contributed by atoms with van der Waals surface area (Å²) >= 11 is 0. The lowest BCUT2D eigenvalue weighted by molar-refractivity contribution is -0.152. The largest absolute Gasteiger partial charge is 0.481 e. The van der Waals surface area contributed by atoms with Gasteiger partial charge < -0.3 is 5.11 Å². The van der Waals surface area contributed by atoms with Crippen molar-refractivity contribution in [2.75, 3.05) is 0 Å². The Morgan fingerprint density at radius 3 is 2.67 bits per heavy atom. The number of aliphatic carboxylic acids is 1. The van der Waals surface area contributed by atoms with Crippen molar-refractivity contribution in [3.8, 4) is 0 Å². The third-order valence-electron chi connectivity index (χ3n) is 8.78. The van der Waals surface area contributed by atoms with Gasteiger partial charge in [0, 0.05) is 41.9 Å². The van der Waals surface area contributed by atoms with Crippen LogP contribution in [0.5, 0.6) is 0 Å². The third kappa shape index (κ3) is 3.19. The standard InChI is InChI=1S/C26H39O4/c1-5-17-21-14-16(27)10-12-26(21,4)20-11-13-25(3)18(15(2)6-9-22(28)29)7-8-19(25)23(20)24(17)30/h15,17-20,23H,5-14H2,1-4H3,(H,28,29)/t15-,17-,18-,19?,20?,23+,25-,26-/m1/s1/i9D2,10D2,14D2,17D,23D. The molecule has 0 aromatic heterocycles. The van der Waals surface area contributed by atoms with Crippen LogP contribution in [-0.2, 0) is 14.4 Å². The number of rotatable bonds is 5. The lowest BCUT2D eigenvalue weighted by atomic mass is 9.42. The Morgan fingerprint density at radius 1 is 1.27 bits per heavy atom. The SMILES string of the molecule is [2H]C([2H])(C[C@@H](C)[C@H]1CCC2[C@]3([2H])C(=O)[C@]([2H])(CC)[C]4C([2H])([2H])C(=O)C([2H])([2H])C[C@]4(C)C3CC[C@@]21C)C(=O)O. The van der Waals surface area contributed by atoms with Crippen LogP contribution < -0.4 is 0 Å². The van der Waals surface area contributed by atoms with Gasteiger partial charge in [0.25, 0.3) is 0 Å². The van der Waals surface area contributed by atoms with E-state index in [4.69, 9.17) is 8.22 Å². The smallest absolute Gasteiger partial charge is 0.303 e. The first kappa shape index (κ1) is 14.1. The Bertz CT molecular complexity index is 1060. The van der Waals surface area contributed by atoms with Gasteiger partial charge in [0.05, 0.1) is 0 Å². The van der Waals surface area contributed by atoms with E-state index in [9.17, 15) is 22.2 Å². The number of ketones is 2. The van der Waals surface area contributed by atoms with Gasteiger partial charge in [-0.2, -0.15) is 0 Å². The van der Waals surface area contributed by atoms with Crippen molar-refractivity contribution in [2.24, 2.45) is 46.3 Å². The molecule has 4 saturated carbocycles. The Balaban J connectivity index is 1.82. The van der Waals surface area contributed by atoms with E-state index in [2.05, 4.69) is 0 Å². The average molecular weight is 424 g/mol. The van der Waals surface area contributed by atoms with Gasteiger partial charge in [-0.25, -0.2) is 0 Å². The van der Waals surface area contributed by atoms with Crippen molar-refractivity contribution in [3.05, 3.63) is 5.92 Å². The fraction of sp³-hybridized carbons (Fsp3) is 0.846. The molecule has 2 unspecified atom stereocenters. The molecule has 1 N–H and O–H groups in total. The summed E-state index contributed by atoms with van der Waals surface area (Å²) in [6.45, 7) is 7.00. The maximum atomic E-state index is 14.4. The second-order valence-electron chi connectivity index (χ2n) is 10.2. The van der Waals surface area contributed by atoms with Crippen LogP contribution in [0.3, 0.4) is 0 Å². The summed E-state index contributed by atoms with van der Waals surface area (Å²) in [4.78, 5) is 38.8. The van der Waals surface area contributed by atoms with E-state index < -0.39 is 71.1 Å². The zero-order valence-electron chi connectivity index (χ0n) is 26.4. The van der Waals surface area contributed by atoms with E-state index in [0.29, 0.717) is 25.7 Å². The van der Waals surface area contributed by atoms with E-state index >= 15 is 0 Å². The molecule has 4 aliphatic carbocycles. The van der Waals surface area contributed by atoms with Gasteiger partial charge in [0.1, 0.15) is 11.6 Å². The molecule has 0 aromatic carbocycles. The Hall–Kier alpha value is -1.19. The highest BCUT2D eigenvalue weighted by atomic mass is 16.4. The molecule has 4 fully saturated rings. The highest BCUT2D eigenvalue weighted by molar-refractivity contribution is 5.91. The number of hydrogen-bond donors (Lipinski definition) is 1. The quantitative estimate of drug-likeness (QED) is 0.635. The lowest BCUT2D eigenvalue weighted by Gasteiger charge is -2.61. The number of carbonyl (C=O) groups excluding carboxylic acids is 2. The van der Waals surface area contributed by atoms with Crippen LogP contribution in [0.1, 0.15) is 103 Å². The molecule has 0 aliphatic heterocycles. The highest BCUT2D eigenvalue weighted by Crippen LogP contribution is 2.69. The number of Topliss-reactive ketones (excluding diaryl/α,β-unsaturated/α-hetero) is 2. The zero-order chi connectivity index (χ0) is 29.1. The molecule has 4 rings (SSSR count). The molecule has 0 bridgehead atoms. The monoisotopic (exact) mass is 423 g/mol. The predicted molar refractivity (Wildman–Crippen MR) is 116 cm³/mol. The van der Waals surface area contributed by atoms with Crippen LogP contribution in [0.25, 0.3) is 0 Å². The molecular weight excluding hydrogens is 376 g/mol. The van der Waals surface area contributed by atoms with Crippen molar-refractivity contribution in [3.63, 3.8) is 0 Å². The van der Waals surface area contributed by atoms with Crippen LogP contribution >= 0.6 is 0 Å². The van der Waals surface area contributed by atoms with Crippen LogP contribution in [-0.4, -0.2) is 22.6 Å². The molecule has 0 heterocycles. The van der Waals surface area contributed by atoms with E-state index in [1.54, 1.807) is 13.8 Å². The zero-order valence-corrected chi connectivity index (χ0v) is 18.4. The first-order chi connectivity index (χ1) is 17.1. The fourth-order valence-electron chi connectivity index (χ4n) is 7.29. The van der Waals surface area contributed by atoms with Gasteiger partial charge in [0.2, 0.25) is 0 Å². The van der Waals surface area contributed by atoms with Gasteiger partial charge in [-0.3, -0.25) is 14.4 Å². The number of carboxylic acid groups (broad SMARTS) is 1. The molecule has 4 aliphatic rings. The van der Waals surface area contributed by atoms with Crippen molar-refractivity contribution < 1.29 is 30.5 Å². The van der Waals surface area contributed by atoms with Crippen LogP contribution in [0.2, 0.25) is 0 Å². The fourth-order valence-corrected chi connectivity index (χ4v) is 7.29. The van der Waals surface area contributed by atoms with Gasteiger partial charge in [-0.1, -0.05) is 27.7 Å². The minimum Gasteiger partial charge on any atom is -0.481 e. The summed E-state index contributed by atoms with van der Waals surface area (Å²) in [5, 5.41) is 9.33. The molecular formula is C26H39O4. The van der Waals surface area contributed by atoms with Gasteiger partial charge in [-0.05, 0) is 85.4 Å². The summed E-state index contributed by atoms with van der Waals surface area (Å²) in [7, 11) is 0. The summed E-state index contributed by atoms with van der Waals surface area (Å²) < 4.78 is 69.2. The topological polar surface area (TPSA) is 71.4 Å². The third-order valence-corrected chi connectivity index (χ3v) is 8.78. The highest BCUT2D eigenvalue weighted by Gasteiger charge is 2.65. The van der Waals surface area contributed by atoms with Crippen molar-refractivity contribution in [1.82, 2.24) is 0 Å². The van der Waals surface area contributed by atoms with E-state index in [1.165, 1.54) is 0 Å². The predicted octanol–water partition coefficient (Wildman–Crippen LogP) is 5.49. The summed E-state index contributed by atoms with van der Waals surface area (Å²) in [6.07, 6.45) is -6.59. The molecule has 0 aromatic rings. The lowest BCUT2D eigenvalue weighted by Crippen LogP contribution is -2.59.